The van der Waals surface area contributed by atoms with Crippen molar-refractivity contribution in [1.29, 1.82) is 0 Å². The molecular formula is C20H26O5. The average molecular weight is 346 g/mol. The summed E-state index contributed by atoms with van der Waals surface area (Å²) < 4.78 is 10.8. The smallest absolute Gasteiger partial charge is 0.338 e. The summed E-state index contributed by atoms with van der Waals surface area (Å²) in [7, 11) is 1.45. The second kappa shape index (κ2) is 5.77. The summed E-state index contributed by atoms with van der Waals surface area (Å²) in [6.45, 7) is 8.00. The Kier molecular flexibility index (Phi) is 4.11. The molecule has 1 aromatic carbocycles. The number of carbonyl (C=O) groups is 1. The maximum atomic E-state index is 12.6. The van der Waals surface area contributed by atoms with E-state index < -0.39 is 11.6 Å². The third-order valence-electron chi connectivity index (χ3n) is 5.93. The summed E-state index contributed by atoms with van der Waals surface area (Å²) in [5, 5.41) is 20.6. The normalized spacial score (nSPS) is 31.3. The lowest BCUT2D eigenvalue weighted by Crippen LogP contribution is -2.35. The van der Waals surface area contributed by atoms with Crippen LogP contribution < -0.4 is 4.74 Å². The molecule has 0 saturated heterocycles. The highest BCUT2D eigenvalue weighted by molar-refractivity contribution is 5.90. The maximum absolute atomic E-state index is 12.6. The molecule has 25 heavy (non-hydrogen) atoms. The highest BCUT2D eigenvalue weighted by atomic mass is 16.5. The van der Waals surface area contributed by atoms with Crippen molar-refractivity contribution in [2.24, 2.45) is 17.3 Å². The number of ether oxygens (including phenoxy) is 2. The molecular weight excluding hydrogens is 320 g/mol. The monoisotopic (exact) mass is 346 g/mol. The van der Waals surface area contributed by atoms with E-state index in [-0.39, 0.29) is 34.7 Å². The summed E-state index contributed by atoms with van der Waals surface area (Å²) in [4.78, 5) is 12.6. The summed E-state index contributed by atoms with van der Waals surface area (Å²) >= 11 is 0. The van der Waals surface area contributed by atoms with E-state index in [0.29, 0.717) is 12.2 Å². The van der Waals surface area contributed by atoms with Crippen molar-refractivity contribution >= 4 is 5.97 Å². The van der Waals surface area contributed by atoms with Crippen molar-refractivity contribution in [3.63, 3.8) is 0 Å². The topological polar surface area (TPSA) is 76.0 Å². The van der Waals surface area contributed by atoms with E-state index >= 15 is 0 Å². The first kappa shape index (κ1) is 17.8. The average Bonchev–Trinajstić information content (AvgIpc) is 3.07. The lowest BCUT2D eigenvalue weighted by molar-refractivity contribution is -0.0109. The molecule has 0 unspecified atom stereocenters. The molecule has 1 aromatic rings. The number of benzene rings is 1. The summed E-state index contributed by atoms with van der Waals surface area (Å²) in [5.41, 5.74) is 0.215. The Morgan fingerprint density at radius 2 is 2.04 bits per heavy atom. The number of methoxy groups -OCH3 is 1. The quantitative estimate of drug-likeness (QED) is 0.632. The van der Waals surface area contributed by atoms with E-state index in [1.165, 1.54) is 19.2 Å². The maximum Gasteiger partial charge on any atom is 0.338 e. The predicted octanol–water partition coefficient (Wildman–Crippen LogP) is 3.30. The molecule has 5 heteroatoms. The molecule has 136 valence electrons. The number of phenolic OH excluding ortho intramolecular Hbond substituents is 1. The van der Waals surface area contributed by atoms with Gasteiger partial charge in [-0.15, -0.1) is 0 Å². The number of rotatable bonds is 5. The molecule has 5 nitrogen and oxygen atoms in total. The Morgan fingerprint density at radius 3 is 2.48 bits per heavy atom. The molecule has 0 heterocycles. The molecule has 0 amide bonds. The zero-order valence-electron chi connectivity index (χ0n) is 15.4. The molecule has 0 aromatic heterocycles. The van der Waals surface area contributed by atoms with Crippen LogP contribution in [0.5, 0.6) is 11.5 Å². The van der Waals surface area contributed by atoms with Crippen molar-refractivity contribution in [2.45, 2.75) is 45.8 Å². The fraction of sp³-hybridized carbons (Fsp3) is 0.550. The Labute approximate surface area is 148 Å². The first-order valence-electron chi connectivity index (χ1n) is 8.63. The van der Waals surface area contributed by atoms with Gasteiger partial charge in [-0.2, -0.15) is 0 Å². The minimum absolute atomic E-state index is 0.0201. The SMILES string of the molecule is COc1ccc(C(=O)O[C@H](C(C)C)[C@@H]2C=C(C)[C@]3(O)C[C@]23C)cc1O. The Morgan fingerprint density at radius 1 is 1.36 bits per heavy atom. The third kappa shape index (κ3) is 2.61. The van der Waals surface area contributed by atoms with Crippen LogP contribution in [0.3, 0.4) is 0 Å². The van der Waals surface area contributed by atoms with E-state index in [1.54, 1.807) is 6.07 Å². The first-order valence-corrected chi connectivity index (χ1v) is 8.63. The first-order chi connectivity index (χ1) is 11.6. The van der Waals surface area contributed by atoms with Crippen molar-refractivity contribution < 1.29 is 24.5 Å². The minimum Gasteiger partial charge on any atom is -0.504 e. The van der Waals surface area contributed by atoms with Crippen molar-refractivity contribution in [3.8, 4) is 11.5 Å². The summed E-state index contributed by atoms with van der Waals surface area (Å²) in [6, 6.07) is 4.46. The standard InChI is InChI=1S/C20H26O5/c1-11(2)17(14-8-12(3)20(23)10-19(14,20)4)25-18(22)13-6-7-16(24-5)15(21)9-13/h6-9,11,14,17,21,23H,10H2,1-5H3/t14-,17+,19+,20+/m0/s1. The van der Waals surface area contributed by atoms with Crippen LogP contribution >= 0.6 is 0 Å². The molecule has 0 bridgehead atoms. The van der Waals surface area contributed by atoms with Gasteiger partial charge in [0.2, 0.25) is 0 Å². The summed E-state index contributed by atoms with van der Waals surface area (Å²) in [5.74, 6) is -0.194. The van der Waals surface area contributed by atoms with Gasteiger partial charge in [-0.25, -0.2) is 4.79 Å². The molecule has 1 fully saturated rings. The van der Waals surface area contributed by atoms with E-state index in [1.807, 2.05) is 33.8 Å². The van der Waals surface area contributed by atoms with Gasteiger partial charge in [0.15, 0.2) is 11.5 Å². The lowest BCUT2D eigenvalue weighted by atomic mass is 9.82. The Hall–Kier alpha value is -2.01. The van der Waals surface area contributed by atoms with Crippen molar-refractivity contribution in [3.05, 3.63) is 35.4 Å². The predicted molar refractivity (Wildman–Crippen MR) is 93.6 cm³/mol. The molecule has 1 saturated carbocycles. The van der Waals surface area contributed by atoms with Crippen LogP contribution in [-0.2, 0) is 4.74 Å². The highest BCUT2D eigenvalue weighted by Gasteiger charge is 2.72. The number of esters is 1. The van der Waals surface area contributed by atoms with Gasteiger partial charge >= 0.3 is 5.97 Å². The fourth-order valence-electron chi connectivity index (χ4n) is 4.15. The number of aromatic hydroxyl groups is 1. The van der Waals surface area contributed by atoms with Gasteiger partial charge < -0.3 is 19.7 Å². The van der Waals surface area contributed by atoms with Crippen LogP contribution in [0, 0.1) is 17.3 Å². The minimum atomic E-state index is -0.754. The number of hydrogen-bond donors (Lipinski definition) is 2. The number of fused-ring (bicyclic) bond motifs is 1. The summed E-state index contributed by atoms with van der Waals surface area (Å²) in [6.07, 6.45) is 2.41. The molecule has 2 N–H and O–H groups in total. The molecule has 3 rings (SSSR count). The molecule has 0 aliphatic heterocycles. The molecule has 4 atom stereocenters. The van der Waals surface area contributed by atoms with E-state index in [9.17, 15) is 15.0 Å². The Balaban J connectivity index is 1.82. The van der Waals surface area contributed by atoms with Crippen LogP contribution in [0.2, 0.25) is 0 Å². The largest absolute Gasteiger partial charge is 0.504 e. The van der Waals surface area contributed by atoms with E-state index in [2.05, 4.69) is 0 Å². The Bertz CT molecular complexity index is 738. The van der Waals surface area contributed by atoms with Crippen LogP contribution in [-0.4, -0.2) is 35.0 Å². The second-order valence-electron chi connectivity index (χ2n) is 7.83. The van der Waals surface area contributed by atoms with Crippen molar-refractivity contribution in [2.75, 3.05) is 7.11 Å². The number of hydrogen-bond acceptors (Lipinski definition) is 5. The van der Waals surface area contributed by atoms with Gasteiger partial charge in [-0.1, -0.05) is 26.8 Å². The highest BCUT2D eigenvalue weighted by Crippen LogP contribution is 2.70. The van der Waals surface area contributed by atoms with Gasteiger partial charge in [0.1, 0.15) is 6.10 Å². The number of aliphatic hydroxyl groups is 1. The fourth-order valence-corrected chi connectivity index (χ4v) is 4.15. The molecule has 2 aliphatic rings. The zero-order valence-corrected chi connectivity index (χ0v) is 15.4. The van der Waals surface area contributed by atoms with E-state index in [4.69, 9.17) is 9.47 Å². The molecule has 0 spiro atoms. The van der Waals surface area contributed by atoms with Crippen molar-refractivity contribution in [1.82, 2.24) is 0 Å². The molecule has 0 radical (unpaired) electrons. The molecule has 2 aliphatic carbocycles. The van der Waals surface area contributed by atoms with Gasteiger partial charge in [0.25, 0.3) is 0 Å². The lowest BCUT2D eigenvalue weighted by Gasteiger charge is -2.31. The van der Waals surface area contributed by atoms with Gasteiger partial charge in [-0.05, 0) is 43.0 Å². The van der Waals surface area contributed by atoms with Gasteiger partial charge in [0.05, 0.1) is 18.3 Å². The van der Waals surface area contributed by atoms with Gasteiger partial charge in [0, 0.05) is 11.3 Å². The van der Waals surface area contributed by atoms with Gasteiger partial charge in [-0.3, -0.25) is 0 Å². The number of carbonyl (C=O) groups excluding carboxylic acids is 1. The van der Waals surface area contributed by atoms with Crippen LogP contribution in [0.4, 0.5) is 0 Å². The van der Waals surface area contributed by atoms with Crippen LogP contribution in [0.15, 0.2) is 29.8 Å². The van der Waals surface area contributed by atoms with E-state index in [0.717, 1.165) is 5.57 Å². The van der Waals surface area contributed by atoms with Crippen LogP contribution in [0.25, 0.3) is 0 Å². The third-order valence-corrected chi connectivity index (χ3v) is 5.93. The number of phenols is 1. The van der Waals surface area contributed by atoms with Crippen LogP contribution in [0.1, 0.15) is 44.5 Å². The second-order valence-corrected chi connectivity index (χ2v) is 7.83. The zero-order chi connectivity index (χ0) is 18.6.